The fraction of sp³-hybridized carbons (Fsp3) is 0.630. The molecule has 30 heavy (non-hydrogen) atoms. The van der Waals surface area contributed by atoms with Crippen molar-refractivity contribution in [3.63, 3.8) is 0 Å². The first-order chi connectivity index (χ1) is 14.6. The van der Waals surface area contributed by atoms with E-state index in [2.05, 4.69) is 49.5 Å². The van der Waals surface area contributed by atoms with Gasteiger partial charge in [-0.05, 0) is 75.9 Å². The largest absolute Gasteiger partial charge is 0.392 e. The lowest BCUT2D eigenvalue weighted by molar-refractivity contribution is 0.140. The molecule has 3 N–H and O–H groups in total. The highest BCUT2D eigenvalue weighted by Crippen LogP contribution is 2.48. The number of hydrogen-bond donors (Lipinski definition) is 3. The van der Waals surface area contributed by atoms with Crippen LogP contribution in [0.3, 0.4) is 0 Å². The van der Waals surface area contributed by atoms with Gasteiger partial charge in [-0.25, -0.2) is 0 Å². The van der Waals surface area contributed by atoms with Crippen LogP contribution in [0.5, 0.6) is 0 Å². The number of aliphatic hydroxyl groups is 2. The number of nitrogens with one attached hydrogen (secondary N) is 1. The number of unbranched alkanes of at least 4 members (excludes halogenated alkanes) is 2. The molecule has 3 heteroatoms. The monoisotopic (exact) mass is 411 g/mol. The van der Waals surface area contributed by atoms with Gasteiger partial charge < -0.3 is 15.5 Å². The zero-order valence-corrected chi connectivity index (χ0v) is 18.9. The van der Waals surface area contributed by atoms with Crippen molar-refractivity contribution in [3.8, 4) is 0 Å². The van der Waals surface area contributed by atoms with Gasteiger partial charge in [-0.3, -0.25) is 0 Å². The Morgan fingerprint density at radius 3 is 2.87 bits per heavy atom. The predicted octanol–water partition coefficient (Wildman–Crippen LogP) is 4.96. The first-order valence-electron chi connectivity index (χ1n) is 12.1. The molecule has 2 aliphatic rings. The molecule has 0 aromatic heterocycles. The van der Waals surface area contributed by atoms with Crippen LogP contribution in [0.1, 0.15) is 63.0 Å². The van der Waals surface area contributed by atoms with Crippen molar-refractivity contribution in [2.45, 2.75) is 77.4 Å². The minimum Gasteiger partial charge on any atom is -0.392 e. The molecular formula is C27H41NO2. The Hall–Kier alpha value is -1.42. The lowest BCUT2D eigenvalue weighted by Gasteiger charge is -2.19. The number of aliphatic hydroxyl groups excluding tert-OH is 2. The van der Waals surface area contributed by atoms with E-state index in [1.165, 1.54) is 37.7 Å². The Morgan fingerprint density at radius 2 is 2.07 bits per heavy atom. The second-order valence-electron chi connectivity index (χ2n) is 9.44. The molecule has 0 aliphatic heterocycles. The van der Waals surface area contributed by atoms with E-state index in [4.69, 9.17) is 0 Å². The maximum Gasteiger partial charge on any atom is 0.0761 e. The molecule has 0 bridgehead atoms. The molecular weight excluding hydrogens is 370 g/mol. The topological polar surface area (TPSA) is 52.5 Å². The fourth-order valence-electron chi connectivity index (χ4n) is 5.28. The highest BCUT2D eigenvalue weighted by molar-refractivity contribution is 5.24. The molecule has 1 fully saturated rings. The van der Waals surface area contributed by atoms with Crippen molar-refractivity contribution in [2.24, 2.45) is 17.8 Å². The Balaban J connectivity index is 1.42. The summed E-state index contributed by atoms with van der Waals surface area (Å²) in [4.78, 5) is 0. The highest BCUT2D eigenvalue weighted by atomic mass is 16.3. The van der Waals surface area contributed by atoms with Gasteiger partial charge >= 0.3 is 0 Å². The maximum atomic E-state index is 10.6. The smallest absolute Gasteiger partial charge is 0.0761 e. The molecule has 3 rings (SSSR count). The molecule has 0 amide bonds. The SMILES string of the molecule is CCCNCCCCCC1=C[C@H]2C[C@@H](O)[C@H](C=C[C@@H](O)Cc3cccc(C)c3)[C@H]2C1. The van der Waals surface area contributed by atoms with Crippen molar-refractivity contribution in [3.05, 3.63) is 59.2 Å². The molecule has 0 spiro atoms. The lowest BCUT2D eigenvalue weighted by Crippen LogP contribution is -2.18. The van der Waals surface area contributed by atoms with E-state index in [9.17, 15) is 10.2 Å². The van der Waals surface area contributed by atoms with E-state index in [0.717, 1.165) is 31.5 Å². The summed E-state index contributed by atoms with van der Waals surface area (Å²) in [6.45, 7) is 6.56. The number of aryl methyl sites for hydroxylation is 1. The minimum absolute atomic E-state index is 0.175. The van der Waals surface area contributed by atoms with E-state index in [-0.39, 0.29) is 12.0 Å². The standard InChI is InChI=1S/C27H41NO2/c1-3-13-28-14-6-4-5-9-22-16-23-19-27(30)25(26(23)18-22)12-11-24(29)17-21-10-7-8-20(2)15-21/h7-8,10-12,15-16,23-30H,3-6,9,13-14,17-19H2,1-2H3/t23-,24+,25+,26-,27+/m0/s1. The average Bonchev–Trinajstić information content (AvgIpc) is 3.22. The molecule has 2 aliphatic carbocycles. The second-order valence-corrected chi connectivity index (χ2v) is 9.44. The van der Waals surface area contributed by atoms with Crippen LogP contribution in [-0.4, -0.2) is 35.5 Å². The van der Waals surface area contributed by atoms with Crippen LogP contribution in [0.2, 0.25) is 0 Å². The van der Waals surface area contributed by atoms with Crippen LogP contribution in [0.15, 0.2) is 48.1 Å². The van der Waals surface area contributed by atoms with E-state index in [1.807, 2.05) is 12.1 Å². The Morgan fingerprint density at radius 1 is 1.20 bits per heavy atom. The molecule has 3 nitrogen and oxygen atoms in total. The number of benzene rings is 1. The maximum absolute atomic E-state index is 10.6. The van der Waals surface area contributed by atoms with E-state index < -0.39 is 6.10 Å². The van der Waals surface area contributed by atoms with Gasteiger partial charge in [0.25, 0.3) is 0 Å². The van der Waals surface area contributed by atoms with Crippen LogP contribution >= 0.6 is 0 Å². The molecule has 166 valence electrons. The van der Waals surface area contributed by atoms with Crippen molar-refractivity contribution in [1.82, 2.24) is 5.32 Å². The molecule has 0 saturated heterocycles. The number of allylic oxidation sites excluding steroid dienone is 2. The summed E-state index contributed by atoms with van der Waals surface area (Å²) in [7, 11) is 0. The van der Waals surface area contributed by atoms with Crippen molar-refractivity contribution in [1.29, 1.82) is 0 Å². The fourth-order valence-corrected chi connectivity index (χ4v) is 5.28. The summed E-state index contributed by atoms with van der Waals surface area (Å²) >= 11 is 0. The van der Waals surface area contributed by atoms with E-state index >= 15 is 0 Å². The summed E-state index contributed by atoms with van der Waals surface area (Å²) < 4.78 is 0. The first kappa shape index (κ1) is 23.2. The van der Waals surface area contributed by atoms with E-state index in [1.54, 1.807) is 5.57 Å². The van der Waals surface area contributed by atoms with Gasteiger partial charge in [0, 0.05) is 12.3 Å². The van der Waals surface area contributed by atoms with Crippen LogP contribution < -0.4 is 5.32 Å². The zero-order chi connectivity index (χ0) is 21.3. The predicted molar refractivity (Wildman–Crippen MR) is 125 cm³/mol. The molecule has 1 aromatic carbocycles. The normalized spacial score (nSPS) is 26.9. The summed E-state index contributed by atoms with van der Waals surface area (Å²) in [6.07, 6.45) is 14.6. The van der Waals surface area contributed by atoms with Crippen LogP contribution in [0.4, 0.5) is 0 Å². The van der Waals surface area contributed by atoms with Crippen LogP contribution in [-0.2, 0) is 6.42 Å². The first-order valence-corrected chi connectivity index (χ1v) is 12.1. The highest BCUT2D eigenvalue weighted by Gasteiger charge is 2.43. The summed E-state index contributed by atoms with van der Waals surface area (Å²) in [5.41, 5.74) is 3.98. The van der Waals surface area contributed by atoms with Crippen molar-refractivity contribution < 1.29 is 10.2 Å². The Bertz CT molecular complexity index is 711. The molecule has 1 saturated carbocycles. The average molecular weight is 412 g/mol. The summed E-state index contributed by atoms with van der Waals surface area (Å²) in [5.74, 6) is 1.21. The third kappa shape index (κ3) is 6.80. The third-order valence-electron chi connectivity index (χ3n) is 6.81. The summed E-state index contributed by atoms with van der Waals surface area (Å²) in [6, 6.07) is 8.32. The number of fused-ring (bicyclic) bond motifs is 1. The lowest BCUT2D eigenvalue weighted by atomic mass is 9.88. The molecule has 0 heterocycles. The minimum atomic E-state index is -0.492. The molecule has 1 aromatic rings. The second kappa shape index (κ2) is 11.8. The van der Waals surface area contributed by atoms with Crippen molar-refractivity contribution >= 4 is 0 Å². The zero-order valence-electron chi connectivity index (χ0n) is 18.9. The van der Waals surface area contributed by atoms with E-state index in [0.29, 0.717) is 18.3 Å². The Labute approximate surface area is 183 Å². The van der Waals surface area contributed by atoms with Gasteiger partial charge in [-0.2, -0.15) is 0 Å². The molecule has 5 atom stereocenters. The van der Waals surface area contributed by atoms with Gasteiger partial charge in [0.05, 0.1) is 12.2 Å². The van der Waals surface area contributed by atoms with Gasteiger partial charge in [0.2, 0.25) is 0 Å². The van der Waals surface area contributed by atoms with Crippen LogP contribution in [0.25, 0.3) is 0 Å². The quantitative estimate of drug-likeness (QED) is 0.337. The summed E-state index contributed by atoms with van der Waals surface area (Å²) in [5, 5.41) is 24.5. The van der Waals surface area contributed by atoms with Gasteiger partial charge in [0.15, 0.2) is 0 Å². The third-order valence-corrected chi connectivity index (χ3v) is 6.81. The van der Waals surface area contributed by atoms with Gasteiger partial charge in [0.1, 0.15) is 0 Å². The Kier molecular flexibility index (Phi) is 9.17. The van der Waals surface area contributed by atoms with Crippen molar-refractivity contribution in [2.75, 3.05) is 13.1 Å². The molecule has 0 radical (unpaired) electrons. The van der Waals surface area contributed by atoms with Gasteiger partial charge in [-0.15, -0.1) is 0 Å². The van der Waals surface area contributed by atoms with Gasteiger partial charge in [-0.1, -0.05) is 67.0 Å². The number of hydrogen-bond acceptors (Lipinski definition) is 3. The van der Waals surface area contributed by atoms with Crippen LogP contribution in [0, 0.1) is 24.7 Å². The molecule has 0 unspecified atom stereocenters. The number of rotatable bonds is 12.